The molecule has 0 spiro atoms. The molecule has 0 bridgehead atoms. The van der Waals surface area contributed by atoms with Crippen molar-refractivity contribution in [3.63, 3.8) is 0 Å². The van der Waals surface area contributed by atoms with Gasteiger partial charge >= 0.3 is 0 Å². The number of hydrogen-bond acceptors (Lipinski definition) is 2. The molecular formula is C11H8ClNS. The van der Waals surface area contributed by atoms with E-state index in [1.54, 1.807) is 11.3 Å². The molecule has 1 aromatic carbocycles. The monoisotopic (exact) mass is 221 g/mol. The van der Waals surface area contributed by atoms with Crippen LogP contribution >= 0.6 is 22.9 Å². The van der Waals surface area contributed by atoms with Crippen LogP contribution in [-0.4, -0.2) is 0 Å². The molecule has 0 amide bonds. The third kappa shape index (κ3) is 0.934. The molecule has 1 aromatic heterocycles. The molecule has 14 heavy (non-hydrogen) atoms. The molecule has 2 N–H and O–H groups in total. The average Bonchev–Trinajstić information content (AvgIpc) is 2.72. The fourth-order valence-electron chi connectivity index (χ4n) is 1.97. The Kier molecular flexibility index (Phi) is 1.71. The Morgan fingerprint density at radius 1 is 1.21 bits per heavy atom. The molecule has 1 nitrogen and oxygen atoms in total. The normalized spacial score (nSPS) is 18.0. The molecule has 1 atom stereocenters. The van der Waals surface area contributed by atoms with E-state index in [1.807, 2.05) is 12.1 Å². The van der Waals surface area contributed by atoms with Crippen LogP contribution in [0.1, 0.15) is 17.2 Å². The van der Waals surface area contributed by atoms with Crippen LogP contribution in [0.15, 0.2) is 29.6 Å². The number of benzene rings is 1. The summed E-state index contributed by atoms with van der Waals surface area (Å²) in [4.78, 5) is 1.23. The van der Waals surface area contributed by atoms with Crippen LogP contribution in [0.5, 0.6) is 0 Å². The first kappa shape index (κ1) is 8.48. The van der Waals surface area contributed by atoms with Gasteiger partial charge in [0.1, 0.15) is 0 Å². The Bertz CT molecular complexity index is 504. The van der Waals surface area contributed by atoms with Crippen molar-refractivity contribution < 1.29 is 0 Å². The van der Waals surface area contributed by atoms with Crippen molar-refractivity contribution in [3.8, 4) is 10.4 Å². The van der Waals surface area contributed by atoms with Gasteiger partial charge in [-0.15, -0.1) is 11.3 Å². The predicted octanol–water partition coefficient (Wildman–Crippen LogP) is 3.43. The summed E-state index contributed by atoms with van der Waals surface area (Å²) in [5.74, 6) is 0. The third-order valence-electron chi connectivity index (χ3n) is 2.64. The fourth-order valence-corrected chi connectivity index (χ4v) is 3.33. The smallest absolute Gasteiger partial charge is 0.0573 e. The highest BCUT2D eigenvalue weighted by Gasteiger charge is 2.28. The molecule has 3 heteroatoms. The summed E-state index contributed by atoms with van der Waals surface area (Å²) in [5.41, 5.74) is 9.61. The van der Waals surface area contributed by atoms with Gasteiger partial charge in [-0.25, -0.2) is 0 Å². The van der Waals surface area contributed by atoms with Crippen LogP contribution < -0.4 is 5.73 Å². The summed E-state index contributed by atoms with van der Waals surface area (Å²) >= 11 is 7.88. The van der Waals surface area contributed by atoms with Crippen LogP contribution in [0.2, 0.25) is 5.02 Å². The average molecular weight is 222 g/mol. The molecule has 0 radical (unpaired) electrons. The Balaban J connectivity index is 2.40. The second-order valence-electron chi connectivity index (χ2n) is 3.39. The van der Waals surface area contributed by atoms with Gasteiger partial charge in [0.25, 0.3) is 0 Å². The maximum Gasteiger partial charge on any atom is 0.0573 e. The van der Waals surface area contributed by atoms with Crippen molar-refractivity contribution in [2.75, 3.05) is 0 Å². The molecule has 0 saturated heterocycles. The first-order valence-corrected chi connectivity index (χ1v) is 5.66. The molecule has 1 aliphatic rings. The van der Waals surface area contributed by atoms with Crippen LogP contribution in [0, 0.1) is 0 Å². The van der Waals surface area contributed by atoms with Crippen molar-refractivity contribution in [1.82, 2.24) is 0 Å². The highest BCUT2D eigenvalue weighted by Crippen LogP contribution is 2.48. The number of rotatable bonds is 0. The van der Waals surface area contributed by atoms with Crippen molar-refractivity contribution in [3.05, 3.63) is 45.8 Å². The minimum absolute atomic E-state index is 0.00458. The molecular weight excluding hydrogens is 214 g/mol. The van der Waals surface area contributed by atoms with Gasteiger partial charge in [-0.05, 0) is 28.6 Å². The summed E-state index contributed by atoms with van der Waals surface area (Å²) in [7, 11) is 0. The van der Waals surface area contributed by atoms with Gasteiger partial charge in [0.2, 0.25) is 0 Å². The van der Waals surface area contributed by atoms with E-state index in [1.165, 1.54) is 10.4 Å². The van der Waals surface area contributed by atoms with E-state index in [-0.39, 0.29) is 6.04 Å². The van der Waals surface area contributed by atoms with Gasteiger partial charge in [0.15, 0.2) is 0 Å². The van der Waals surface area contributed by atoms with Crippen LogP contribution in [0.25, 0.3) is 10.4 Å². The van der Waals surface area contributed by atoms with Crippen LogP contribution in [-0.2, 0) is 0 Å². The lowest BCUT2D eigenvalue weighted by Crippen LogP contribution is -2.07. The van der Waals surface area contributed by atoms with Gasteiger partial charge < -0.3 is 5.73 Å². The van der Waals surface area contributed by atoms with E-state index in [0.717, 1.165) is 16.1 Å². The van der Waals surface area contributed by atoms with Gasteiger partial charge in [0, 0.05) is 15.5 Å². The molecule has 1 heterocycles. The molecule has 1 unspecified atom stereocenters. The predicted molar refractivity (Wildman–Crippen MR) is 60.8 cm³/mol. The Morgan fingerprint density at radius 2 is 2.07 bits per heavy atom. The summed E-state index contributed by atoms with van der Waals surface area (Å²) in [6.07, 6.45) is 0. The second kappa shape index (κ2) is 2.83. The molecule has 0 fully saturated rings. The maximum atomic E-state index is 6.17. The summed E-state index contributed by atoms with van der Waals surface area (Å²) in [6.45, 7) is 0. The lowest BCUT2D eigenvalue weighted by atomic mass is 10.1. The molecule has 3 rings (SSSR count). The van der Waals surface area contributed by atoms with E-state index in [2.05, 4.69) is 17.5 Å². The summed E-state index contributed by atoms with van der Waals surface area (Å²) < 4.78 is 0. The Morgan fingerprint density at radius 3 is 2.93 bits per heavy atom. The zero-order valence-electron chi connectivity index (χ0n) is 7.33. The zero-order chi connectivity index (χ0) is 9.71. The number of hydrogen-bond donors (Lipinski definition) is 1. The number of nitrogens with two attached hydrogens (primary N) is 1. The maximum absolute atomic E-state index is 6.17. The van der Waals surface area contributed by atoms with E-state index in [0.29, 0.717) is 0 Å². The highest BCUT2D eigenvalue weighted by atomic mass is 35.5. The highest BCUT2D eigenvalue weighted by molar-refractivity contribution is 7.14. The Hall–Kier alpha value is -0.830. The van der Waals surface area contributed by atoms with E-state index in [9.17, 15) is 0 Å². The summed E-state index contributed by atoms with van der Waals surface area (Å²) in [6, 6.07) is 8.02. The summed E-state index contributed by atoms with van der Waals surface area (Å²) in [5, 5.41) is 2.87. The second-order valence-corrected chi connectivity index (χ2v) is 4.71. The first-order chi connectivity index (χ1) is 6.79. The van der Waals surface area contributed by atoms with Gasteiger partial charge in [-0.2, -0.15) is 0 Å². The number of thiophene rings is 1. The first-order valence-electron chi connectivity index (χ1n) is 4.41. The number of fused-ring (bicyclic) bond motifs is 3. The van der Waals surface area contributed by atoms with Crippen molar-refractivity contribution in [2.45, 2.75) is 6.04 Å². The van der Waals surface area contributed by atoms with Crippen LogP contribution in [0.3, 0.4) is 0 Å². The fraction of sp³-hybridized carbons (Fsp3) is 0.0909. The molecule has 0 aliphatic heterocycles. The van der Waals surface area contributed by atoms with Crippen molar-refractivity contribution in [1.29, 1.82) is 0 Å². The number of halogens is 1. The molecule has 70 valence electrons. The standard InChI is InChI=1S/C11H8ClNS/c12-8-3-1-2-6-9(8)11-7(10(6)13)4-5-14-11/h1-5,10H,13H2. The van der Waals surface area contributed by atoms with Gasteiger partial charge in [-0.1, -0.05) is 23.7 Å². The quantitative estimate of drug-likeness (QED) is 0.725. The molecule has 2 aromatic rings. The van der Waals surface area contributed by atoms with E-state index >= 15 is 0 Å². The topological polar surface area (TPSA) is 26.0 Å². The zero-order valence-corrected chi connectivity index (χ0v) is 8.90. The van der Waals surface area contributed by atoms with Crippen LogP contribution in [0.4, 0.5) is 0 Å². The largest absolute Gasteiger partial charge is 0.320 e. The third-order valence-corrected chi connectivity index (χ3v) is 3.90. The Labute approximate surface area is 91.1 Å². The minimum atomic E-state index is 0.00458. The van der Waals surface area contributed by atoms with Crippen molar-refractivity contribution >= 4 is 22.9 Å². The lowest BCUT2D eigenvalue weighted by molar-refractivity contribution is 0.904. The lowest BCUT2D eigenvalue weighted by Gasteiger charge is -2.05. The minimum Gasteiger partial charge on any atom is -0.320 e. The molecule has 1 aliphatic carbocycles. The van der Waals surface area contributed by atoms with Gasteiger partial charge in [-0.3, -0.25) is 0 Å². The van der Waals surface area contributed by atoms with E-state index in [4.69, 9.17) is 17.3 Å². The van der Waals surface area contributed by atoms with E-state index < -0.39 is 0 Å². The van der Waals surface area contributed by atoms with Crippen molar-refractivity contribution in [2.24, 2.45) is 5.73 Å². The van der Waals surface area contributed by atoms with Gasteiger partial charge in [0.05, 0.1) is 6.04 Å². The molecule has 0 saturated carbocycles. The SMILES string of the molecule is NC1c2ccsc2-c2c(Cl)cccc21.